The maximum atomic E-state index is 12.5. The van der Waals surface area contributed by atoms with Gasteiger partial charge in [0.15, 0.2) is 0 Å². The lowest BCUT2D eigenvalue weighted by molar-refractivity contribution is 0.245. The predicted octanol–water partition coefficient (Wildman–Crippen LogP) is 1.58. The number of hydrogen-bond acceptors (Lipinski definition) is 4. The summed E-state index contributed by atoms with van der Waals surface area (Å²) in [5, 5.41) is 3.52. The van der Waals surface area contributed by atoms with E-state index in [1.807, 2.05) is 0 Å². The SMILES string of the molecule is CCNC1CCC(C(C)C)CC1S(=O)CCS(C)(=O)=O. The van der Waals surface area contributed by atoms with Crippen LogP contribution in [0.5, 0.6) is 0 Å². The molecule has 0 spiro atoms. The summed E-state index contributed by atoms with van der Waals surface area (Å²) < 4.78 is 35.0. The first kappa shape index (κ1) is 18.1. The minimum atomic E-state index is -3.03. The molecule has 4 nitrogen and oxygen atoms in total. The van der Waals surface area contributed by atoms with E-state index in [4.69, 9.17) is 0 Å². The van der Waals surface area contributed by atoms with Gasteiger partial charge in [0.25, 0.3) is 0 Å². The molecule has 120 valence electrons. The van der Waals surface area contributed by atoms with Gasteiger partial charge >= 0.3 is 0 Å². The zero-order valence-corrected chi connectivity index (χ0v) is 14.7. The van der Waals surface area contributed by atoms with E-state index >= 15 is 0 Å². The summed E-state index contributed by atoms with van der Waals surface area (Å²) in [5.74, 6) is 1.52. The molecule has 1 saturated carbocycles. The van der Waals surface area contributed by atoms with Crippen molar-refractivity contribution in [2.24, 2.45) is 11.8 Å². The van der Waals surface area contributed by atoms with E-state index in [2.05, 4.69) is 26.1 Å². The topological polar surface area (TPSA) is 63.2 Å². The van der Waals surface area contributed by atoms with Crippen molar-refractivity contribution in [2.75, 3.05) is 24.3 Å². The molecule has 0 aromatic heterocycles. The van der Waals surface area contributed by atoms with Crippen molar-refractivity contribution in [3.8, 4) is 0 Å². The standard InChI is InChI=1S/C14H29NO3S2/c1-5-15-13-7-6-12(11(2)3)10-14(13)19(16)8-9-20(4,17)18/h11-15H,5-10H2,1-4H3. The molecule has 0 bridgehead atoms. The van der Waals surface area contributed by atoms with Crippen LogP contribution in [0.2, 0.25) is 0 Å². The first-order chi connectivity index (χ1) is 9.24. The van der Waals surface area contributed by atoms with E-state index in [1.165, 1.54) is 12.7 Å². The van der Waals surface area contributed by atoms with Gasteiger partial charge in [0.1, 0.15) is 9.84 Å². The normalized spacial score (nSPS) is 29.6. The lowest BCUT2D eigenvalue weighted by Crippen LogP contribution is -2.47. The van der Waals surface area contributed by atoms with E-state index in [-0.39, 0.29) is 22.8 Å². The molecule has 0 heterocycles. The van der Waals surface area contributed by atoms with Crippen molar-refractivity contribution >= 4 is 20.6 Å². The van der Waals surface area contributed by atoms with Crippen molar-refractivity contribution in [2.45, 2.75) is 51.3 Å². The third-order valence-corrected chi connectivity index (χ3v) is 7.24. The molecule has 1 aliphatic carbocycles. The highest BCUT2D eigenvalue weighted by atomic mass is 32.2. The molecule has 1 rings (SSSR count). The van der Waals surface area contributed by atoms with E-state index in [9.17, 15) is 12.6 Å². The van der Waals surface area contributed by atoms with Crippen LogP contribution in [0.4, 0.5) is 0 Å². The lowest BCUT2D eigenvalue weighted by Gasteiger charge is -2.37. The van der Waals surface area contributed by atoms with Crippen LogP contribution in [0.1, 0.15) is 40.0 Å². The Morgan fingerprint density at radius 1 is 1.30 bits per heavy atom. The van der Waals surface area contributed by atoms with Gasteiger partial charge in [-0.15, -0.1) is 0 Å². The quantitative estimate of drug-likeness (QED) is 0.773. The first-order valence-electron chi connectivity index (χ1n) is 7.52. The summed E-state index contributed by atoms with van der Waals surface area (Å²) in [7, 11) is -4.09. The average Bonchev–Trinajstić information content (AvgIpc) is 2.35. The Morgan fingerprint density at radius 3 is 2.45 bits per heavy atom. The van der Waals surface area contributed by atoms with Crippen molar-refractivity contribution in [1.29, 1.82) is 0 Å². The van der Waals surface area contributed by atoms with Gasteiger partial charge in [0, 0.05) is 28.9 Å². The van der Waals surface area contributed by atoms with Crippen LogP contribution in [0.15, 0.2) is 0 Å². The fourth-order valence-corrected chi connectivity index (χ4v) is 6.17. The molecule has 1 N–H and O–H groups in total. The van der Waals surface area contributed by atoms with E-state index in [0.29, 0.717) is 11.8 Å². The largest absolute Gasteiger partial charge is 0.313 e. The molecule has 0 radical (unpaired) electrons. The summed E-state index contributed by atoms with van der Waals surface area (Å²) in [6, 6.07) is 0.274. The summed E-state index contributed by atoms with van der Waals surface area (Å²) >= 11 is 0. The first-order valence-corrected chi connectivity index (χ1v) is 11.0. The van der Waals surface area contributed by atoms with Gasteiger partial charge < -0.3 is 5.32 Å². The van der Waals surface area contributed by atoms with Gasteiger partial charge in [0.2, 0.25) is 0 Å². The van der Waals surface area contributed by atoms with Crippen molar-refractivity contribution in [1.82, 2.24) is 5.32 Å². The summed E-state index contributed by atoms with van der Waals surface area (Å²) in [4.78, 5) is 0. The summed E-state index contributed by atoms with van der Waals surface area (Å²) in [6.45, 7) is 7.37. The van der Waals surface area contributed by atoms with E-state index in [1.54, 1.807) is 0 Å². The number of nitrogens with one attached hydrogen (secondary N) is 1. The molecule has 20 heavy (non-hydrogen) atoms. The Labute approximate surface area is 126 Å². The molecule has 1 fully saturated rings. The second-order valence-electron chi connectivity index (χ2n) is 6.23. The highest BCUT2D eigenvalue weighted by Crippen LogP contribution is 2.32. The van der Waals surface area contributed by atoms with Crippen LogP contribution in [0.25, 0.3) is 0 Å². The summed E-state index contributed by atoms with van der Waals surface area (Å²) in [5.41, 5.74) is 0. The Bertz CT molecular complexity index is 420. The molecule has 6 heteroatoms. The maximum Gasteiger partial charge on any atom is 0.148 e. The van der Waals surface area contributed by atoms with Gasteiger partial charge in [0.05, 0.1) is 11.0 Å². The fraction of sp³-hybridized carbons (Fsp3) is 1.00. The van der Waals surface area contributed by atoms with Gasteiger partial charge in [-0.05, 0) is 37.6 Å². The van der Waals surface area contributed by atoms with Gasteiger partial charge in [-0.25, -0.2) is 8.42 Å². The molecule has 4 atom stereocenters. The molecular weight excluding hydrogens is 294 g/mol. The van der Waals surface area contributed by atoms with Crippen LogP contribution in [-0.2, 0) is 20.6 Å². The molecule has 0 aliphatic heterocycles. The summed E-state index contributed by atoms with van der Waals surface area (Å²) in [6.07, 6.45) is 4.39. The Hall–Kier alpha value is 0.0600. The predicted molar refractivity (Wildman–Crippen MR) is 86.2 cm³/mol. The molecule has 0 saturated heterocycles. The third-order valence-electron chi connectivity index (χ3n) is 4.23. The van der Waals surface area contributed by atoms with E-state index < -0.39 is 20.6 Å². The molecule has 0 aromatic carbocycles. The van der Waals surface area contributed by atoms with Crippen molar-refractivity contribution < 1.29 is 12.6 Å². The van der Waals surface area contributed by atoms with Crippen LogP contribution >= 0.6 is 0 Å². The van der Waals surface area contributed by atoms with Crippen molar-refractivity contribution in [3.05, 3.63) is 0 Å². The minimum Gasteiger partial charge on any atom is -0.313 e. The van der Waals surface area contributed by atoms with Crippen LogP contribution in [0.3, 0.4) is 0 Å². The second kappa shape index (κ2) is 7.90. The minimum absolute atomic E-state index is 0.0291. The molecule has 0 amide bonds. The Morgan fingerprint density at radius 2 is 1.95 bits per heavy atom. The van der Waals surface area contributed by atoms with Gasteiger partial charge in [-0.2, -0.15) is 0 Å². The van der Waals surface area contributed by atoms with E-state index in [0.717, 1.165) is 19.4 Å². The maximum absolute atomic E-state index is 12.5. The fourth-order valence-electron chi connectivity index (χ4n) is 2.94. The van der Waals surface area contributed by atoms with Crippen LogP contribution in [-0.4, -0.2) is 48.2 Å². The molecular formula is C14H29NO3S2. The average molecular weight is 324 g/mol. The number of rotatable bonds is 7. The van der Waals surface area contributed by atoms with Crippen LogP contribution in [0, 0.1) is 11.8 Å². The van der Waals surface area contributed by atoms with Gasteiger partial charge in [-0.1, -0.05) is 20.8 Å². The monoisotopic (exact) mass is 323 g/mol. The highest BCUT2D eigenvalue weighted by Gasteiger charge is 2.35. The Kier molecular flexibility index (Phi) is 7.15. The molecule has 0 aromatic rings. The zero-order valence-electron chi connectivity index (χ0n) is 13.1. The third kappa shape index (κ3) is 5.82. The van der Waals surface area contributed by atoms with Gasteiger partial charge in [-0.3, -0.25) is 4.21 Å². The molecule has 1 aliphatic rings. The lowest BCUT2D eigenvalue weighted by atomic mass is 9.79. The van der Waals surface area contributed by atoms with Crippen molar-refractivity contribution in [3.63, 3.8) is 0 Å². The second-order valence-corrected chi connectivity index (χ2v) is 10.3. The highest BCUT2D eigenvalue weighted by molar-refractivity contribution is 7.92. The smallest absolute Gasteiger partial charge is 0.148 e. The zero-order chi connectivity index (χ0) is 15.3. The molecule has 4 unspecified atom stereocenters. The number of sulfone groups is 1. The van der Waals surface area contributed by atoms with Crippen LogP contribution < -0.4 is 5.32 Å². The number of hydrogen-bond donors (Lipinski definition) is 1. The Balaban J connectivity index is 2.70.